The SMILES string of the molecule is O=c1n(Cc2nc(OCC3CCOC3)c3ccccc3n2)c2ncccc2n1C1CC1. The Kier molecular flexibility index (Phi) is 4.45. The van der Waals surface area contributed by atoms with Crippen LogP contribution >= 0.6 is 0 Å². The number of hydrogen-bond donors (Lipinski definition) is 0. The highest BCUT2D eigenvalue weighted by atomic mass is 16.5. The first-order valence-electron chi connectivity index (χ1n) is 10.8. The lowest BCUT2D eigenvalue weighted by molar-refractivity contribution is 0.166. The largest absolute Gasteiger partial charge is 0.477 e. The molecule has 8 heteroatoms. The van der Waals surface area contributed by atoms with Gasteiger partial charge in [-0.2, -0.15) is 4.98 Å². The number of fused-ring (bicyclic) bond motifs is 2. The number of hydrogen-bond acceptors (Lipinski definition) is 6. The van der Waals surface area contributed by atoms with Gasteiger partial charge in [-0.05, 0) is 43.5 Å². The molecule has 1 atom stereocenters. The number of pyridine rings is 1. The Labute approximate surface area is 178 Å². The van der Waals surface area contributed by atoms with E-state index in [0.717, 1.165) is 48.9 Å². The van der Waals surface area contributed by atoms with E-state index in [1.807, 2.05) is 41.0 Å². The summed E-state index contributed by atoms with van der Waals surface area (Å²) < 4.78 is 15.1. The molecule has 0 N–H and O–H groups in total. The number of rotatable bonds is 6. The summed E-state index contributed by atoms with van der Waals surface area (Å²) in [5, 5.41) is 0.871. The lowest BCUT2D eigenvalue weighted by Crippen LogP contribution is -2.25. The zero-order valence-electron chi connectivity index (χ0n) is 17.1. The van der Waals surface area contributed by atoms with Crippen molar-refractivity contribution < 1.29 is 9.47 Å². The van der Waals surface area contributed by atoms with Crippen LogP contribution in [0.2, 0.25) is 0 Å². The second-order valence-corrected chi connectivity index (χ2v) is 8.32. The molecule has 0 radical (unpaired) electrons. The molecule has 158 valence electrons. The van der Waals surface area contributed by atoms with Crippen LogP contribution in [-0.4, -0.2) is 43.9 Å². The van der Waals surface area contributed by atoms with Gasteiger partial charge in [0.2, 0.25) is 5.88 Å². The van der Waals surface area contributed by atoms with E-state index in [4.69, 9.17) is 19.4 Å². The summed E-state index contributed by atoms with van der Waals surface area (Å²) in [6.07, 6.45) is 4.78. The summed E-state index contributed by atoms with van der Waals surface area (Å²) in [5.41, 5.74) is 2.28. The molecule has 31 heavy (non-hydrogen) atoms. The summed E-state index contributed by atoms with van der Waals surface area (Å²) in [5.74, 6) is 1.47. The third kappa shape index (κ3) is 3.37. The van der Waals surface area contributed by atoms with Gasteiger partial charge >= 0.3 is 5.69 Å². The van der Waals surface area contributed by atoms with Crippen molar-refractivity contribution in [2.75, 3.05) is 19.8 Å². The molecule has 3 aromatic heterocycles. The highest BCUT2D eigenvalue weighted by Crippen LogP contribution is 2.36. The van der Waals surface area contributed by atoms with Crippen LogP contribution in [-0.2, 0) is 11.3 Å². The van der Waals surface area contributed by atoms with Gasteiger partial charge in [-0.15, -0.1) is 0 Å². The molecule has 0 bridgehead atoms. The summed E-state index contributed by atoms with van der Waals surface area (Å²) in [6.45, 7) is 2.31. The first-order valence-corrected chi connectivity index (χ1v) is 10.8. The maximum Gasteiger partial charge on any atom is 0.331 e. The smallest absolute Gasteiger partial charge is 0.331 e. The van der Waals surface area contributed by atoms with Gasteiger partial charge in [0.1, 0.15) is 0 Å². The number of benzene rings is 1. The quantitative estimate of drug-likeness (QED) is 0.480. The Morgan fingerprint density at radius 2 is 2.00 bits per heavy atom. The second-order valence-electron chi connectivity index (χ2n) is 8.32. The highest BCUT2D eigenvalue weighted by molar-refractivity contribution is 5.83. The van der Waals surface area contributed by atoms with Gasteiger partial charge < -0.3 is 9.47 Å². The Balaban J connectivity index is 1.40. The Morgan fingerprint density at radius 1 is 1.10 bits per heavy atom. The second kappa shape index (κ2) is 7.46. The number of ether oxygens (including phenoxy) is 2. The van der Waals surface area contributed by atoms with Crippen molar-refractivity contribution in [2.24, 2.45) is 5.92 Å². The first-order chi connectivity index (χ1) is 15.3. The van der Waals surface area contributed by atoms with E-state index < -0.39 is 0 Å². The minimum atomic E-state index is -0.0569. The first kappa shape index (κ1) is 18.5. The van der Waals surface area contributed by atoms with Crippen LogP contribution in [0.15, 0.2) is 47.4 Å². The molecule has 4 aromatic rings. The molecule has 1 aromatic carbocycles. The lowest BCUT2D eigenvalue weighted by Gasteiger charge is -2.13. The molecular weight excluding hydrogens is 394 g/mol. The molecule has 4 heterocycles. The molecule has 0 amide bonds. The van der Waals surface area contributed by atoms with Crippen molar-refractivity contribution in [3.05, 3.63) is 58.9 Å². The fraction of sp³-hybridized carbons (Fsp3) is 0.391. The van der Waals surface area contributed by atoms with Crippen molar-refractivity contribution in [1.82, 2.24) is 24.1 Å². The van der Waals surface area contributed by atoms with Gasteiger partial charge in [0, 0.05) is 24.8 Å². The predicted octanol–water partition coefficient (Wildman–Crippen LogP) is 2.94. The van der Waals surface area contributed by atoms with Gasteiger partial charge in [-0.25, -0.2) is 14.8 Å². The van der Waals surface area contributed by atoms with Crippen molar-refractivity contribution >= 4 is 22.1 Å². The van der Waals surface area contributed by atoms with Crippen LogP contribution < -0.4 is 10.4 Å². The topological polar surface area (TPSA) is 84.1 Å². The van der Waals surface area contributed by atoms with Crippen LogP contribution in [0.1, 0.15) is 31.1 Å². The third-order valence-corrected chi connectivity index (χ3v) is 6.02. The minimum Gasteiger partial charge on any atom is -0.477 e. The Hall–Kier alpha value is -3.26. The number of imidazole rings is 1. The molecule has 1 saturated carbocycles. The minimum absolute atomic E-state index is 0.0569. The van der Waals surface area contributed by atoms with Crippen molar-refractivity contribution in [2.45, 2.75) is 31.8 Å². The average Bonchev–Trinajstić information content (AvgIpc) is 3.41. The molecule has 8 nitrogen and oxygen atoms in total. The number of para-hydroxylation sites is 1. The molecule has 0 spiro atoms. The van der Waals surface area contributed by atoms with E-state index in [2.05, 4.69) is 4.98 Å². The summed E-state index contributed by atoms with van der Waals surface area (Å²) >= 11 is 0. The van der Waals surface area contributed by atoms with Crippen LogP contribution in [0.25, 0.3) is 22.1 Å². The van der Waals surface area contributed by atoms with Crippen molar-refractivity contribution in [3.63, 3.8) is 0 Å². The maximum absolute atomic E-state index is 13.2. The van der Waals surface area contributed by atoms with Gasteiger partial charge in [-0.1, -0.05) is 12.1 Å². The molecule has 2 aliphatic rings. The Bertz CT molecular complexity index is 1320. The monoisotopic (exact) mass is 417 g/mol. The molecule has 1 unspecified atom stereocenters. The molecular formula is C23H23N5O3. The predicted molar refractivity (Wildman–Crippen MR) is 115 cm³/mol. The number of nitrogens with zero attached hydrogens (tertiary/aromatic N) is 5. The van der Waals surface area contributed by atoms with Crippen molar-refractivity contribution in [1.29, 1.82) is 0 Å². The van der Waals surface area contributed by atoms with Gasteiger partial charge in [-0.3, -0.25) is 9.13 Å². The molecule has 1 aliphatic heterocycles. The van der Waals surface area contributed by atoms with E-state index >= 15 is 0 Å². The van der Waals surface area contributed by atoms with Gasteiger partial charge in [0.25, 0.3) is 0 Å². The van der Waals surface area contributed by atoms with Crippen LogP contribution in [0.4, 0.5) is 0 Å². The normalized spacial score (nSPS) is 18.8. The summed E-state index contributed by atoms with van der Waals surface area (Å²) in [6, 6.07) is 11.9. The standard InChI is InChI=1S/C23H23N5O3/c29-23-27(21-19(6-3-10-24-21)28(23)16-7-8-16)12-20-25-18-5-2-1-4-17(18)22(26-20)31-14-15-9-11-30-13-15/h1-6,10,15-16H,7-9,11-14H2. The average molecular weight is 417 g/mol. The molecule has 1 aliphatic carbocycles. The fourth-order valence-corrected chi connectivity index (χ4v) is 4.26. The van der Waals surface area contributed by atoms with Crippen LogP contribution in [0.5, 0.6) is 5.88 Å². The van der Waals surface area contributed by atoms with Gasteiger partial charge in [0.05, 0.1) is 36.2 Å². The number of aromatic nitrogens is 5. The summed E-state index contributed by atoms with van der Waals surface area (Å²) in [4.78, 5) is 27.1. The highest BCUT2D eigenvalue weighted by Gasteiger charge is 2.29. The van der Waals surface area contributed by atoms with E-state index in [1.165, 1.54) is 0 Å². The molecule has 1 saturated heterocycles. The summed E-state index contributed by atoms with van der Waals surface area (Å²) in [7, 11) is 0. The van der Waals surface area contributed by atoms with E-state index in [-0.39, 0.29) is 18.3 Å². The zero-order chi connectivity index (χ0) is 20.8. The van der Waals surface area contributed by atoms with Crippen molar-refractivity contribution in [3.8, 4) is 5.88 Å². The van der Waals surface area contributed by atoms with E-state index in [0.29, 0.717) is 29.9 Å². The van der Waals surface area contributed by atoms with Crippen LogP contribution in [0.3, 0.4) is 0 Å². The Morgan fingerprint density at radius 3 is 2.84 bits per heavy atom. The van der Waals surface area contributed by atoms with Crippen LogP contribution in [0, 0.1) is 5.92 Å². The van der Waals surface area contributed by atoms with E-state index in [9.17, 15) is 4.79 Å². The fourth-order valence-electron chi connectivity index (χ4n) is 4.26. The van der Waals surface area contributed by atoms with Gasteiger partial charge in [0.15, 0.2) is 11.5 Å². The lowest BCUT2D eigenvalue weighted by atomic mass is 10.1. The third-order valence-electron chi connectivity index (χ3n) is 6.02. The molecule has 2 fully saturated rings. The maximum atomic E-state index is 13.2. The molecule has 6 rings (SSSR count). The van der Waals surface area contributed by atoms with E-state index in [1.54, 1.807) is 10.8 Å². The zero-order valence-corrected chi connectivity index (χ0v) is 17.1.